The van der Waals surface area contributed by atoms with Crippen LogP contribution in [0.25, 0.3) is 0 Å². The number of thiophene rings is 1. The fourth-order valence-corrected chi connectivity index (χ4v) is 3.33. The molecule has 4 nitrogen and oxygen atoms in total. The number of carbonyl (C=O) groups excluding carboxylic acids is 2. The maximum Gasteiger partial charge on any atom is 0.293 e. The first-order valence-electron chi connectivity index (χ1n) is 5.99. The molecule has 0 unspecified atom stereocenters. The molecule has 2 aromatic heterocycles. The molecule has 0 fully saturated rings. The molecule has 2 aromatic rings. The summed E-state index contributed by atoms with van der Waals surface area (Å²) in [7, 11) is 0. The summed E-state index contributed by atoms with van der Waals surface area (Å²) in [5.41, 5.74) is 0.996. The van der Waals surface area contributed by atoms with Crippen LogP contribution in [0, 0.1) is 0 Å². The fourth-order valence-electron chi connectivity index (χ4n) is 1.46. The van der Waals surface area contributed by atoms with Gasteiger partial charge in [-0.15, -0.1) is 22.7 Å². The Hall–Kier alpha value is -1.24. The molecule has 0 saturated carbocycles. The second-order valence-electron chi connectivity index (χ2n) is 4.44. The number of hydrogen-bond donors (Lipinski definition) is 1. The molecule has 7 heteroatoms. The Labute approximate surface area is 129 Å². The number of nitrogens with zero attached hydrogens (tertiary/aromatic N) is 1. The van der Waals surface area contributed by atoms with Crippen LogP contribution in [0.3, 0.4) is 0 Å². The Morgan fingerprint density at radius 2 is 2.15 bits per heavy atom. The van der Waals surface area contributed by atoms with Crippen molar-refractivity contribution in [3.8, 4) is 0 Å². The molecule has 0 atom stereocenters. The minimum atomic E-state index is -0.634. The predicted octanol–water partition coefficient (Wildman–Crippen LogP) is 3.48. The number of amides is 1. The van der Waals surface area contributed by atoms with Gasteiger partial charge in [0.25, 0.3) is 11.7 Å². The molecule has 0 bridgehead atoms. The van der Waals surface area contributed by atoms with Crippen LogP contribution in [0.1, 0.15) is 40.1 Å². The highest BCUT2D eigenvalue weighted by Crippen LogP contribution is 2.22. The zero-order valence-corrected chi connectivity index (χ0v) is 13.4. The van der Waals surface area contributed by atoms with E-state index < -0.39 is 11.7 Å². The van der Waals surface area contributed by atoms with Crippen molar-refractivity contribution in [1.82, 2.24) is 10.3 Å². The van der Waals surface area contributed by atoms with Crippen LogP contribution < -0.4 is 5.32 Å². The lowest BCUT2D eigenvalue weighted by Crippen LogP contribution is -2.30. The van der Waals surface area contributed by atoms with Gasteiger partial charge in [-0.05, 0) is 18.1 Å². The lowest BCUT2D eigenvalue weighted by atomic mass is 10.2. The van der Waals surface area contributed by atoms with Crippen molar-refractivity contribution < 1.29 is 9.59 Å². The minimum Gasteiger partial charge on any atom is -0.343 e. The number of Topliss-reactive ketones (excluding diaryl/α,β-unsaturated/α-hetero) is 1. The van der Waals surface area contributed by atoms with Gasteiger partial charge in [0.1, 0.15) is 5.01 Å². The number of nitrogens with one attached hydrogen (secondary N) is 1. The van der Waals surface area contributed by atoms with Crippen molar-refractivity contribution in [2.75, 3.05) is 0 Å². The van der Waals surface area contributed by atoms with E-state index in [0.29, 0.717) is 15.1 Å². The predicted molar refractivity (Wildman–Crippen MR) is 81.7 cm³/mol. The van der Waals surface area contributed by atoms with Crippen molar-refractivity contribution in [1.29, 1.82) is 0 Å². The van der Waals surface area contributed by atoms with Crippen molar-refractivity contribution in [2.45, 2.75) is 26.3 Å². The van der Waals surface area contributed by atoms with Crippen molar-refractivity contribution in [3.05, 3.63) is 37.4 Å². The van der Waals surface area contributed by atoms with Gasteiger partial charge in [0.05, 0.1) is 21.5 Å². The third kappa shape index (κ3) is 3.65. The van der Waals surface area contributed by atoms with Crippen LogP contribution in [0.5, 0.6) is 0 Å². The highest BCUT2D eigenvalue weighted by atomic mass is 35.5. The Morgan fingerprint density at radius 3 is 2.70 bits per heavy atom. The maximum absolute atomic E-state index is 11.8. The van der Waals surface area contributed by atoms with Gasteiger partial charge in [0.2, 0.25) is 0 Å². The summed E-state index contributed by atoms with van der Waals surface area (Å²) in [5.74, 6) is -0.849. The summed E-state index contributed by atoms with van der Waals surface area (Å²) in [6, 6.07) is 3.15. The molecular weight excluding hydrogens is 316 g/mol. The molecular formula is C13H13ClN2O2S2. The van der Waals surface area contributed by atoms with E-state index in [4.69, 9.17) is 11.6 Å². The molecule has 0 saturated heterocycles. The first-order chi connectivity index (χ1) is 9.47. The zero-order chi connectivity index (χ0) is 14.7. The monoisotopic (exact) mass is 328 g/mol. The van der Waals surface area contributed by atoms with Crippen molar-refractivity contribution in [2.24, 2.45) is 0 Å². The van der Waals surface area contributed by atoms with Gasteiger partial charge >= 0.3 is 0 Å². The summed E-state index contributed by atoms with van der Waals surface area (Å²) in [4.78, 5) is 28.3. The van der Waals surface area contributed by atoms with Gasteiger partial charge in [-0.3, -0.25) is 9.59 Å². The molecule has 1 N–H and O–H groups in total. The van der Waals surface area contributed by atoms with E-state index in [0.717, 1.165) is 22.0 Å². The standard InChI is InChI=1S/C13H13ClN2O2S2/c1-7(2)8-6-19-11(16-8)5-15-13(18)12(17)9-3-4-10(14)20-9/h3-4,6-7H,5H2,1-2H3,(H,15,18). The zero-order valence-electron chi connectivity index (χ0n) is 11.0. The Kier molecular flexibility index (Phi) is 4.91. The fraction of sp³-hybridized carbons (Fsp3) is 0.308. The van der Waals surface area contributed by atoms with Gasteiger partial charge in [-0.2, -0.15) is 0 Å². The van der Waals surface area contributed by atoms with E-state index in [2.05, 4.69) is 24.1 Å². The summed E-state index contributed by atoms with van der Waals surface area (Å²) >= 11 is 8.31. The smallest absolute Gasteiger partial charge is 0.293 e. The highest BCUT2D eigenvalue weighted by molar-refractivity contribution is 7.18. The largest absolute Gasteiger partial charge is 0.343 e. The van der Waals surface area contributed by atoms with E-state index in [1.165, 1.54) is 11.3 Å². The first-order valence-corrected chi connectivity index (χ1v) is 8.07. The summed E-state index contributed by atoms with van der Waals surface area (Å²) in [5, 5.41) is 5.34. The third-order valence-electron chi connectivity index (χ3n) is 2.56. The number of thiazole rings is 1. The van der Waals surface area contributed by atoms with Gasteiger partial charge < -0.3 is 5.32 Å². The molecule has 20 heavy (non-hydrogen) atoms. The first kappa shape index (κ1) is 15.2. The summed E-state index contributed by atoms with van der Waals surface area (Å²) < 4.78 is 0.489. The number of rotatable bonds is 5. The lowest BCUT2D eigenvalue weighted by molar-refractivity contribution is -0.117. The summed E-state index contributed by atoms with van der Waals surface area (Å²) in [6.45, 7) is 4.38. The van der Waals surface area contributed by atoms with Crippen LogP contribution >= 0.6 is 34.3 Å². The molecule has 0 aliphatic rings. The number of hydrogen-bond acceptors (Lipinski definition) is 5. The number of carbonyl (C=O) groups is 2. The van der Waals surface area contributed by atoms with Crippen LogP contribution in [0.4, 0.5) is 0 Å². The molecule has 0 spiro atoms. The van der Waals surface area contributed by atoms with Gasteiger partial charge in [-0.1, -0.05) is 25.4 Å². The second kappa shape index (κ2) is 6.47. The highest BCUT2D eigenvalue weighted by Gasteiger charge is 2.18. The Bertz CT molecular complexity index is 634. The van der Waals surface area contributed by atoms with Crippen LogP contribution in [0.2, 0.25) is 4.34 Å². The quantitative estimate of drug-likeness (QED) is 0.675. The van der Waals surface area contributed by atoms with Crippen molar-refractivity contribution >= 4 is 46.0 Å². The molecule has 0 aliphatic heterocycles. The van der Waals surface area contributed by atoms with E-state index in [9.17, 15) is 9.59 Å². The molecule has 0 aliphatic carbocycles. The Balaban J connectivity index is 1.93. The lowest BCUT2D eigenvalue weighted by Gasteiger charge is -2.01. The number of ketones is 1. The summed E-state index contributed by atoms with van der Waals surface area (Å²) in [6.07, 6.45) is 0. The van der Waals surface area contributed by atoms with Crippen LogP contribution in [-0.4, -0.2) is 16.7 Å². The average molecular weight is 329 g/mol. The maximum atomic E-state index is 11.8. The number of aromatic nitrogens is 1. The van der Waals surface area contributed by atoms with Gasteiger partial charge in [0, 0.05) is 5.38 Å². The topological polar surface area (TPSA) is 59.1 Å². The van der Waals surface area contributed by atoms with Crippen LogP contribution in [-0.2, 0) is 11.3 Å². The average Bonchev–Trinajstić information content (AvgIpc) is 3.03. The normalized spacial score (nSPS) is 10.8. The molecule has 0 radical (unpaired) electrons. The third-order valence-corrected chi connectivity index (χ3v) is 4.66. The minimum absolute atomic E-state index is 0.265. The van der Waals surface area contributed by atoms with Crippen molar-refractivity contribution in [3.63, 3.8) is 0 Å². The molecule has 1 amide bonds. The number of halogens is 1. The molecule has 2 heterocycles. The van der Waals surface area contributed by atoms with E-state index in [1.807, 2.05) is 5.38 Å². The Morgan fingerprint density at radius 1 is 1.40 bits per heavy atom. The molecule has 0 aromatic carbocycles. The van der Waals surface area contributed by atoms with Crippen LogP contribution in [0.15, 0.2) is 17.5 Å². The second-order valence-corrected chi connectivity index (χ2v) is 7.09. The molecule has 2 rings (SSSR count). The van der Waals surface area contributed by atoms with E-state index >= 15 is 0 Å². The SMILES string of the molecule is CC(C)c1csc(CNC(=O)C(=O)c2ccc(Cl)s2)n1. The molecule has 106 valence electrons. The van der Waals surface area contributed by atoms with Gasteiger partial charge in [-0.25, -0.2) is 4.98 Å². The van der Waals surface area contributed by atoms with Gasteiger partial charge in [0.15, 0.2) is 0 Å². The van der Waals surface area contributed by atoms with E-state index in [1.54, 1.807) is 12.1 Å². The van der Waals surface area contributed by atoms with E-state index in [-0.39, 0.29) is 6.54 Å².